The normalized spacial score (nSPS) is 18.4. The maximum absolute atomic E-state index is 6.63. The Balaban J connectivity index is 1.92. The molecule has 0 amide bonds. The Kier molecular flexibility index (Phi) is 4.55. The summed E-state index contributed by atoms with van der Waals surface area (Å²) in [6, 6.07) is 5.51. The van der Waals surface area contributed by atoms with Crippen molar-refractivity contribution in [1.82, 2.24) is 4.98 Å². The molecular formula is C16H18Cl2N2S. The Hall–Kier alpha value is -0.610. The zero-order valence-corrected chi connectivity index (χ0v) is 14.1. The summed E-state index contributed by atoms with van der Waals surface area (Å²) in [7, 11) is 0. The van der Waals surface area contributed by atoms with Crippen LogP contribution in [0.3, 0.4) is 0 Å². The Morgan fingerprint density at radius 2 is 1.81 bits per heavy atom. The molecule has 2 nitrogen and oxygen atoms in total. The van der Waals surface area contributed by atoms with Crippen molar-refractivity contribution in [2.45, 2.75) is 44.1 Å². The zero-order chi connectivity index (χ0) is 14.9. The lowest BCUT2D eigenvalue weighted by atomic mass is 9.92. The highest BCUT2D eigenvalue weighted by atomic mass is 35.5. The van der Waals surface area contributed by atoms with E-state index in [2.05, 4.69) is 0 Å². The molecule has 0 spiro atoms. The van der Waals surface area contributed by atoms with Crippen molar-refractivity contribution in [3.63, 3.8) is 0 Å². The molecule has 3 rings (SSSR count). The molecule has 0 unspecified atom stereocenters. The minimum absolute atomic E-state index is 0.266. The lowest BCUT2D eigenvalue weighted by Crippen LogP contribution is -2.35. The molecular weight excluding hydrogens is 323 g/mol. The molecule has 5 heteroatoms. The van der Waals surface area contributed by atoms with Crippen LogP contribution in [0.4, 0.5) is 0 Å². The van der Waals surface area contributed by atoms with Crippen LogP contribution in [-0.4, -0.2) is 4.98 Å². The van der Waals surface area contributed by atoms with E-state index in [4.69, 9.17) is 33.9 Å². The second-order valence-corrected chi connectivity index (χ2v) is 7.43. The van der Waals surface area contributed by atoms with Crippen molar-refractivity contribution in [2.75, 3.05) is 0 Å². The van der Waals surface area contributed by atoms with E-state index in [1.54, 1.807) is 17.4 Å². The number of hydrogen-bond donors (Lipinski definition) is 1. The fraction of sp³-hybridized carbons (Fsp3) is 0.438. The van der Waals surface area contributed by atoms with Crippen LogP contribution in [0.15, 0.2) is 23.6 Å². The first kappa shape index (κ1) is 15.3. The Morgan fingerprint density at radius 1 is 1.10 bits per heavy atom. The van der Waals surface area contributed by atoms with Crippen LogP contribution >= 0.6 is 34.5 Å². The highest BCUT2D eigenvalue weighted by Crippen LogP contribution is 2.38. The number of benzene rings is 1. The van der Waals surface area contributed by atoms with Gasteiger partial charge in [-0.05, 0) is 31.0 Å². The molecule has 0 bridgehead atoms. The first-order chi connectivity index (χ1) is 10.1. The van der Waals surface area contributed by atoms with E-state index in [1.165, 1.54) is 25.7 Å². The number of rotatable bonds is 2. The van der Waals surface area contributed by atoms with E-state index in [9.17, 15) is 0 Å². The first-order valence-electron chi connectivity index (χ1n) is 7.29. The van der Waals surface area contributed by atoms with Crippen molar-refractivity contribution < 1.29 is 0 Å². The Morgan fingerprint density at radius 3 is 2.48 bits per heavy atom. The molecule has 0 saturated heterocycles. The average molecular weight is 341 g/mol. The second kappa shape index (κ2) is 6.25. The predicted molar refractivity (Wildman–Crippen MR) is 91.1 cm³/mol. The summed E-state index contributed by atoms with van der Waals surface area (Å²) >= 11 is 13.9. The van der Waals surface area contributed by atoms with Crippen molar-refractivity contribution in [3.8, 4) is 11.3 Å². The monoisotopic (exact) mass is 340 g/mol. The number of nitrogens with two attached hydrogens (primary N) is 1. The van der Waals surface area contributed by atoms with Crippen LogP contribution in [0, 0.1) is 0 Å². The second-order valence-electron chi connectivity index (χ2n) is 5.73. The zero-order valence-electron chi connectivity index (χ0n) is 11.7. The number of nitrogens with zero attached hydrogens (tertiary/aromatic N) is 1. The Bertz CT molecular complexity index is 631. The van der Waals surface area contributed by atoms with Crippen LogP contribution in [0.25, 0.3) is 11.3 Å². The molecule has 2 aromatic rings. The van der Waals surface area contributed by atoms with Crippen LogP contribution in [0.2, 0.25) is 10.0 Å². The largest absolute Gasteiger partial charge is 0.319 e. The van der Waals surface area contributed by atoms with Gasteiger partial charge in [-0.2, -0.15) is 0 Å². The molecule has 112 valence electrons. The van der Waals surface area contributed by atoms with Gasteiger partial charge < -0.3 is 5.73 Å². The van der Waals surface area contributed by atoms with Crippen molar-refractivity contribution in [1.29, 1.82) is 0 Å². The quantitative estimate of drug-likeness (QED) is 0.720. The van der Waals surface area contributed by atoms with Crippen LogP contribution in [0.1, 0.15) is 43.5 Å². The smallest absolute Gasteiger partial charge is 0.113 e. The van der Waals surface area contributed by atoms with E-state index in [0.29, 0.717) is 10.0 Å². The molecule has 1 aliphatic rings. The van der Waals surface area contributed by atoms with Gasteiger partial charge in [0.25, 0.3) is 0 Å². The van der Waals surface area contributed by atoms with Gasteiger partial charge in [0.2, 0.25) is 0 Å². The third-order valence-electron chi connectivity index (χ3n) is 4.13. The molecule has 1 heterocycles. The number of hydrogen-bond acceptors (Lipinski definition) is 3. The number of thiazole rings is 1. The van der Waals surface area contributed by atoms with Gasteiger partial charge in [0.15, 0.2) is 0 Å². The van der Waals surface area contributed by atoms with Gasteiger partial charge in [0, 0.05) is 16.0 Å². The van der Waals surface area contributed by atoms with Gasteiger partial charge in [-0.25, -0.2) is 4.98 Å². The van der Waals surface area contributed by atoms with Crippen molar-refractivity contribution in [3.05, 3.63) is 38.6 Å². The molecule has 0 aliphatic heterocycles. The maximum Gasteiger partial charge on any atom is 0.113 e. The van der Waals surface area contributed by atoms with Gasteiger partial charge in [0.05, 0.1) is 16.3 Å². The summed E-state index contributed by atoms with van der Waals surface area (Å²) < 4.78 is 0. The van der Waals surface area contributed by atoms with E-state index >= 15 is 0 Å². The first-order valence-corrected chi connectivity index (χ1v) is 8.92. The Labute approximate surface area is 139 Å². The molecule has 1 aliphatic carbocycles. The number of aromatic nitrogens is 1. The summed E-state index contributed by atoms with van der Waals surface area (Å²) in [6.07, 6.45) is 6.98. The van der Waals surface area contributed by atoms with Gasteiger partial charge in [-0.3, -0.25) is 0 Å². The van der Waals surface area contributed by atoms with E-state index in [0.717, 1.165) is 29.1 Å². The minimum atomic E-state index is -0.266. The summed E-state index contributed by atoms with van der Waals surface area (Å²) in [6.45, 7) is 0. The summed E-state index contributed by atoms with van der Waals surface area (Å²) in [5.41, 5.74) is 8.17. The molecule has 2 N–H and O–H groups in total. The highest BCUT2D eigenvalue weighted by Gasteiger charge is 2.31. The molecule has 1 aromatic carbocycles. The standard InChI is InChI=1S/C16H18Cl2N2S/c17-11-5-6-12(13(18)9-11)14-10-21-15(20-14)16(19)7-3-1-2-4-8-16/h5-6,9-10H,1-4,7-8,19H2. The van der Waals surface area contributed by atoms with Crippen LogP contribution < -0.4 is 5.73 Å². The van der Waals surface area contributed by atoms with Gasteiger partial charge in [-0.15, -0.1) is 11.3 Å². The minimum Gasteiger partial charge on any atom is -0.319 e. The fourth-order valence-electron chi connectivity index (χ4n) is 2.90. The maximum atomic E-state index is 6.63. The third kappa shape index (κ3) is 3.26. The molecule has 1 saturated carbocycles. The summed E-state index contributed by atoms with van der Waals surface area (Å²) in [5, 5.41) is 4.35. The third-order valence-corrected chi connectivity index (χ3v) is 5.74. The lowest BCUT2D eigenvalue weighted by molar-refractivity contribution is 0.384. The van der Waals surface area contributed by atoms with Gasteiger partial charge in [0.1, 0.15) is 5.01 Å². The van der Waals surface area contributed by atoms with Crippen LogP contribution in [0.5, 0.6) is 0 Å². The highest BCUT2D eigenvalue weighted by molar-refractivity contribution is 7.10. The topological polar surface area (TPSA) is 38.9 Å². The summed E-state index contributed by atoms with van der Waals surface area (Å²) in [5.74, 6) is 0. The van der Waals surface area contributed by atoms with Crippen molar-refractivity contribution in [2.24, 2.45) is 5.73 Å². The molecule has 0 radical (unpaired) electrons. The molecule has 1 aromatic heterocycles. The predicted octanol–water partition coefficient (Wildman–Crippen LogP) is 5.63. The lowest BCUT2D eigenvalue weighted by Gasteiger charge is -2.25. The van der Waals surface area contributed by atoms with Gasteiger partial charge in [-0.1, -0.05) is 48.9 Å². The number of halogens is 2. The van der Waals surface area contributed by atoms with E-state index in [-0.39, 0.29) is 5.54 Å². The molecule has 21 heavy (non-hydrogen) atoms. The van der Waals surface area contributed by atoms with Crippen molar-refractivity contribution >= 4 is 34.5 Å². The fourth-order valence-corrected chi connectivity index (χ4v) is 4.39. The molecule has 0 atom stereocenters. The SMILES string of the molecule is NC1(c2nc(-c3ccc(Cl)cc3Cl)cs2)CCCCCC1. The van der Waals surface area contributed by atoms with E-state index in [1.807, 2.05) is 17.5 Å². The van der Waals surface area contributed by atoms with E-state index < -0.39 is 0 Å². The van der Waals surface area contributed by atoms with Crippen LogP contribution in [-0.2, 0) is 5.54 Å². The average Bonchev–Trinajstić information content (AvgIpc) is 2.83. The summed E-state index contributed by atoms with van der Waals surface area (Å²) in [4.78, 5) is 4.77. The van der Waals surface area contributed by atoms with Gasteiger partial charge >= 0.3 is 0 Å². The molecule has 1 fully saturated rings.